The van der Waals surface area contributed by atoms with Crippen molar-refractivity contribution in [2.75, 3.05) is 65.6 Å². The molecule has 0 saturated carbocycles. The molecule has 0 radical (unpaired) electrons. The molecule has 1 aliphatic heterocycles. The summed E-state index contributed by atoms with van der Waals surface area (Å²) in [6.07, 6.45) is 3.29. The smallest absolute Gasteiger partial charge is 0.257 e. The molecule has 0 amide bonds. The number of nitrogens with zero attached hydrogens (tertiary/aromatic N) is 4. The number of ether oxygens (including phenoxy) is 2. The highest BCUT2D eigenvalue weighted by Crippen LogP contribution is 2.31. The Kier molecular flexibility index (Phi) is 6.35. The first kappa shape index (κ1) is 16.9. The molecule has 1 N–H and O–H groups in total. The minimum Gasteiger partial charge on any atom is -0.478 e. The van der Waals surface area contributed by atoms with Crippen molar-refractivity contribution in [2.24, 2.45) is 11.8 Å². The quantitative estimate of drug-likeness (QED) is 0.730. The number of hydrogen-bond donors (Lipinski definition) is 1. The summed E-state index contributed by atoms with van der Waals surface area (Å²) < 4.78 is 10.4. The monoisotopic (exact) mass is 310 g/mol. The van der Waals surface area contributed by atoms with E-state index in [-0.39, 0.29) is 12.5 Å². The Bertz CT molecular complexity index is 460. The third kappa shape index (κ3) is 4.06. The predicted octanol–water partition coefficient (Wildman–Crippen LogP) is 0.108. The Balaban J connectivity index is 2.02. The van der Waals surface area contributed by atoms with Gasteiger partial charge in [-0.05, 0) is 13.0 Å². The average Bonchev–Trinajstić information content (AvgIpc) is 2.95. The summed E-state index contributed by atoms with van der Waals surface area (Å²) in [5, 5.41) is 9.68. The average molecular weight is 310 g/mol. The maximum Gasteiger partial charge on any atom is 0.257 e. The number of methoxy groups -OCH3 is 2. The minimum atomic E-state index is 0.182. The van der Waals surface area contributed by atoms with E-state index in [2.05, 4.69) is 26.8 Å². The molecule has 0 unspecified atom stereocenters. The summed E-state index contributed by atoms with van der Waals surface area (Å²) >= 11 is 0. The number of aliphatic hydroxyl groups is 1. The Morgan fingerprint density at radius 2 is 2.00 bits per heavy atom. The molecule has 124 valence electrons. The topological polar surface area (TPSA) is 71.0 Å². The summed E-state index contributed by atoms with van der Waals surface area (Å²) in [5.74, 6) is 1.91. The normalized spacial score (nSPS) is 21.6. The van der Waals surface area contributed by atoms with Gasteiger partial charge < -0.3 is 24.4 Å². The van der Waals surface area contributed by atoms with Gasteiger partial charge in [0.15, 0.2) is 5.82 Å². The molecule has 0 bridgehead atoms. The van der Waals surface area contributed by atoms with E-state index in [0.717, 1.165) is 32.0 Å². The highest BCUT2D eigenvalue weighted by Gasteiger charge is 2.34. The van der Waals surface area contributed by atoms with Crippen LogP contribution in [0.5, 0.6) is 5.88 Å². The summed E-state index contributed by atoms with van der Waals surface area (Å²) in [4.78, 5) is 13.0. The molecule has 2 rings (SSSR count). The van der Waals surface area contributed by atoms with Gasteiger partial charge >= 0.3 is 0 Å². The molecule has 1 aliphatic rings. The fourth-order valence-electron chi connectivity index (χ4n) is 2.94. The van der Waals surface area contributed by atoms with Gasteiger partial charge in [-0.25, -0.2) is 9.97 Å². The predicted molar refractivity (Wildman–Crippen MR) is 84.2 cm³/mol. The van der Waals surface area contributed by atoms with Crippen LogP contribution in [0.2, 0.25) is 0 Å². The van der Waals surface area contributed by atoms with Crippen molar-refractivity contribution < 1.29 is 14.6 Å². The first-order chi connectivity index (χ1) is 10.7. The maximum absolute atomic E-state index is 9.68. The molecule has 1 aromatic rings. The zero-order chi connectivity index (χ0) is 15.9. The molecule has 7 nitrogen and oxygen atoms in total. The van der Waals surface area contributed by atoms with E-state index in [0.29, 0.717) is 18.4 Å². The summed E-state index contributed by atoms with van der Waals surface area (Å²) in [5.41, 5.74) is 0. The lowest BCUT2D eigenvalue weighted by molar-refractivity contribution is 0.136. The number of aliphatic hydroxyl groups excluding tert-OH is 1. The molecule has 1 saturated heterocycles. The Labute approximate surface area is 131 Å². The molecule has 7 heteroatoms. The lowest BCUT2D eigenvalue weighted by atomic mass is 9.96. The van der Waals surface area contributed by atoms with Crippen LogP contribution < -0.4 is 9.64 Å². The zero-order valence-electron chi connectivity index (χ0n) is 13.6. The van der Waals surface area contributed by atoms with Gasteiger partial charge in [-0.3, -0.25) is 0 Å². The number of likely N-dealkylation sites (N-methyl/N-ethyl adjacent to an activating group) is 1. The highest BCUT2D eigenvalue weighted by molar-refractivity contribution is 5.48. The van der Waals surface area contributed by atoms with Crippen LogP contribution in [-0.4, -0.2) is 80.6 Å². The fourth-order valence-corrected chi connectivity index (χ4v) is 2.94. The second-order valence-electron chi connectivity index (χ2n) is 5.75. The van der Waals surface area contributed by atoms with Gasteiger partial charge in [-0.2, -0.15) is 0 Å². The van der Waals surface area contributed by atoms with Gasteiger partial charge in [0.1, 0.15) is 0 Å². The van der Waals surface area contributed by atoms with Crippen LogP contribution >= 0.6 is 0 Å². The first-order valence-electron chi connectivity index (χ1n) is 7.57. The van der Waals surface area contributed by atoms with E-state index in [1.54, 1.807) is 26.6 Å². The lowest BCUT2D eigenvalue weighted by Gasteiger charge is -2.23. The van der Waals surface area contributed by atoms with Crippen molar-refractivity contribution >= 4 is 5.82 Å². The van der Waals surface area contributed by atoms with Crippen molar-refractivity contribution in [1.29, 1.82) is 0 Å². The van der Waals surface area contributed by atoms with Gasteiger partial charge in [-0.15, -0.1) is 0 Å². The van der Waals surface area contributed by atoms with Crippen molar-refractivity contribution in [3.05, 3.63) is 12.4 Å². The minimum absolute atomic E-state index is 0.182. The Morgan fingerprint density at radius 3 is 2.68 bits per heavy atom. The SMILES string of the molecule is COCCN(C)C[C@@H]1CN(c2nccnc2OC)C[C@@H]1CO. The van der Waals surface area contributed by atoms with Crippen LogP contribution in [0.3, 0.4) is 0 Å². The van der Waals surface area contributed by atoms with Gasteiger partial charge in [0, 0.05) is 58.2 Å². The standard InChI is InChI=1S/C15H26N4O3/c1-18(6-7-21-2)8-12-9-19(10-13(12)11-20)14-15(22-3)17-5-4-16-14/h4-5,12-13,20H,6-11H2,1-3H3/t12-,13-/m1/s1. The summed E-state index contributed by atoms with van der Waals surface area (Å²) in [7, 11) is 5.39. The van der Waals surface area contributed by atoms with Gasteiger partial charge in [0.25, 0.3) is 5.88 Å². The lowest BCUT2D eigenvalue weighted by Crippen LogP contribution is -2.33. The zero-order valence-corrected chi connectivity index (χ0v) is 13.6. The summed E-state index contributed by atoms with van der Waals surface area (Å²) in [6, 6.07) is 0. The fraction of sp³-hybridized carbons (Fsp3) is 0.733. The number of aromatic nitrogens is 2. The molecule has 1 fully saturated rings. The van der Waals surface area contributed by atoms with Crippen LogP contribution in [0.15, 0.2) is 12.4 Å². The second kappa shape index (κ2) is 8.26. The molecular formula is C15H26N4O3. The second-order valence-corrected chi connectivity index (χ2v) is 5.75. The molecule has 2 atom stereocenters. The Morgan fingerprint density at radius 1 is 1.27 bits per heavy atom. The van der Waals surface area contributed by atoms with Crippen LogP contribution in [0.1, 0.15) is 0 Å². The molecule has 0 aromatic carbocycles. The molecule has 0 spiro atoms. The summed E-state index contributed by atoms with van der Waals surface area (Å²) in [6.45, 7) is 4.33. The van der Waals surface area contributed by atoms with Crippen LogP contribution in [0, 0.1) is 11.8 Å². The number of anilines is 1. The molecule has 2 heterocycles. The molecular weight excluding hydrogens is 284 g/mol. The Hall–Kier alpha value is -1.44. The van der Waals surface area contributed by atoms with E-state index in [1.807, 2.05) is 0 Å². The van der Waals surface area contributed by atoms with Crippen molar-refractivity contribution in [2.45, 2.75) is 0 Å². The van der Waals surface area contributed by atoms with Crippen molar-refractivity contribution in [3.63, 3.8) is 0 Å². The molecule has 1 aromatic heterocycles. The van der Waals surface area contributed by atoms with Gasteiger partial charge in [-0.1, -0.05) is 0 Å². The highest BCUT2D eigenvalue weighted by atomic mass is 16.5. The third-order valence-electron chi connectivity index (χ3n) is 4.17. The van der Waals surface area contributed by atoms with E-state index < -0.39 is 0 Å². The van der Waals surface area contributed by atoms with Gasteiger partial charge in [0.2, 0.25) is 0 Å². The van der Waals surface area contributed by atoms with Crippen molar-refractivity contribution in [1.82, 2.24) is 14.9 Å². The van der Waals surface area contributed by atoms with Crippen LogP contribution in [0.25, 0.3) is 0 Å². The van der Waals surface area contributed by atoms with E-state index in [9.17, 15) is 5.11 Å². The largest absolute Gasteiger partial charge is 0.478 e. The van der Waals surface area contributed by atoms with Crippen LogP contribution in [0.4, 0.5) is 5.82 Å². The molecule has 22 heavy (non-hydrogen) atoms. The van der Waals surface area contributed by atoms with Crippen LogP contribution in [-0.2, 0) is 4.74 Å². The van der Waals surface area contributed by atoms with E-state index in [4.69, 9.17) is 9.47 Å². The van der Waals surface area contributed by atoms with E-state index >= 15 is 0 Å². The van der Waals surface area contributed by atoms with Crippen molar-refractivity contribution in [3.8, 4) is 5.88 Å². The number of hydrogen-bond acceptors (Lipinski definition) is 7. The first-order valence-corrected chi connectivity index (χ1v) is 7.57. The van der Waals surface area contributed by atoms with Gasteiger partial charge in [0.05, 0.1) is 13.7 Å². The molecule has 0 aliphatic carbocycles. The number of rotatable bonds is 8. The maximum atomic E-state index is 9.68. The van der Waals surface area contributed by atoms with E-state index in [1.165, 1.54) is 0 Å². The third-order valence-corrected chi connectivity index (χ3v) is 4.17.